The predicted octanol–water partition coefficient (Wildman–Crippen LogP) is 3.56. The lowest BCUT2D eigenvalue weighted by Crippen LogP contribution is -2.26. The van der Waals surface area contributed by atoms with Gasteiger partial charge in [0.15, 0.2) is 0 Å². The fourth-order valence-electron chi connectivity index (χ4n) is 2.77. The van der Waals surface area contributed by atoms with Crippen LogP contribution in [0.2, 0.25) is 0 Å². The van der Waals surface area contributed by atoms with Crippen LogP contribution >= 0.6 is 0 Å². The van der Waals surface area contributed by atoms with Crippen LogP contribution < -0.4 is 9.80 Å². The van der Waals surface area contributed by atoms with Gasteiger partial charge in [-0.2, -0.15) is 0 Å². The van der Waals surface area contributed by atoms with Crippen molar-refractivity contribution in [2.45, 2.75) is 12.8 Å². The fraction of sp³-hybridized carbons (Fsp3) is 0.278. The Morgan fingerprint density at radius 1 is 1.00 bits per heavy atom. The van der Waals surface area contributed by atoms with E-state index in [4.69, 9.17) is 0 Å². The summed E-state index contributed by atoms with van der Waals surface area (Å²) in [5, 5.41) is 0. The minimum absolute atomic E-state index is 0.0299. The Labute approximate surface area is 125 Å². The quantitative estimate of drug-likeness (QED) is 0.858. The molecule has 21 heavy (non-hydrogen) atoms. The minimum Gasteiger partial charge on any atom is -0.372 e. The van der Waals surface area contributed by atoms with Crippen LogP contribution in [-0.2, 0) is 0 Å². The van der Waals surface area contributed by atoms with Crippen molar-refractivity contribution in [3.05, 3.63) is 60.2 Å². The zero-order chi connectivity index (χ0) is 14.7. The van der Waals surface area contributed by atoms with Crippen LogP contribution in [0.1, 0.15) is 23.2 Å². The molecule has 3 nitrogen and oxygen atoms in total. The van der Waals surface area contributed by atoms with Gasteiger partial charge in [0.25, 0.3) is 5.91 Å². The molecular weight excluding hydrogens is 260 g/mol. The monoisotopic (exact) mass is 280 g/mol. The van der Waals surface area contributed by atoms with Crippen molar-refractivity contribution in [3.8, 4) is 0 Å². The first-order valence-corrected chi connectivity index (χ1v) is 7.44. The lowest BCUT2D eigenvalue weighted by molar-refractivity contribution is 0.0993. The van der Waals surface area contributed by atoms with E-state index in [1.165, 1.54) is 12.8 Å². The van der Waals surface area contributed by atoms with E-state index in [1.807, 2.05) is 55.6 Å². The molecule has 1 fully saturated rings. The Morgan fingerprint density at radius 2 is 1.71 bits per heavy atom. The van der Waals surface area contributed by atoms with E-state index in [2.05, 4.69) is 11.0 Å². The van der Waals surface area contributed by atoms with Gasteiger partial charge in [-0.25, -0.2) is 0 Å². The number of hydrogen-bond acceptors (Lipinski definition) is 2. The fourth-order valence-corrected chi connectivity index (χ4v) is 2.77. The number of hydrogen-bond donors (Lipinski definition) is 0. The molecule has 0 spiro atoms. The maximum atomic E-state index is 12.6. The molecule has 0 atom stereocenters. The van der Waals surface area contributed by atoms with Crippen LogP contribution in [0.4, 0.5) is 11.4 Å². The van der Waals surface area contributed by atoms with Crippen LogP contribution in [-0.4, -0.2) is 26.0 Å². The number of amides is 1. The number of carbonyl (C=O) groups excluding carboxylic acids is 1. The number of nitrogens with zero attached hydrogens (tertiary/aromatic N) is 2. The molecule has 0 radical (unpaired) electrons. The maximum Gasteiger partial charge on any atom is 0.258 e. The van der Waals surface area contributed by atoms with E-state index >= 15 is 0 Å². The van der Waals surface area contributed by atoms with Gasteiger partial charge in [-0.3, -0.25) is 4.79 Å². The number of carbonyl (C=O) groups is 1. The van der Waals surface area contributed by atoms with Gasteiger partial charge in [-0.1, -0.05) is 24.3 Å². The van der Waals surface area contributed by atoms with E-state index in [-0.39, 0.29) is 5.91 Å². The molecule has 0 saturated carbocycles. The minimum atomic E-state index is 0.0299. The second-order valence-electron chi connectivity index (χ2n) is 5.44. The third-order valence-corrected chi connectivity index (χ3v) is 4.01. The Bertz CT molecular complexity index is 618. The summed E-state index contributed by atoms with van der Waals surface area (Å²) in [6, 6.07) is 17.7. The number of benzene rings is 2. The molecule has 1 heterocycles. The van der Waals surface area contributed by atoms with Crippen molar-refractivity contribution < 1.29 is 4.79 Å². The van der Waals surface area contributed by atoms with Gasteiger partial charge in [-0.05, 0) is 43.2 Å². The van der Waals surface area contributed by atoms with Crippen molar-refractivity contribution in [1.29, 1.82) is 0 Å². The summed E-state index contributed by atoms with van der Waals surface area (Å²) >= 11 is 0. The highest BCUT2D eigenvalue weighted by molar-refractivity contribution is 6.06. The van der Waals surface area contributed by atoms with E-state index in [0.717, 1.165) is 30.0 Å². The molecule has 0 N–H and O–H groups in total. The molecule has 1 aliphatic rings. The molecule has 0 aromatic heterocycles. The summed E-state index contributed by atoms with van der Waals surface area (Å²) in [7, 11) is 1.82. The van der Waals surface area contributed by atoms with Crippen molar-refractivity contribution >= 4 is 17.3 Å². The molecule has 3 heteroatoms. The van der Waals surface area contributed by atoms with E-state index in [9.17, 15) is 4.79 Å². The second kappa shape index (κ2) is 6.00. The highest BCUT2D eigenvalue weighted by Gasteiger charge is 2.16. The summed E-state index contributed by atoms with van der Waals surface area (Å²) in [6.07, 6.45) is 2.48. The average molecular weight is 280 g/mol. The highest BCUT2D eigenvalue weighted by atomic mass is 16.2. The molecule has 2 aromatic rings. The van der Waals surface area contributed by atoms with Crippen molar-refractivity contribution in [3.63, 3.8) is 0 Å². The lowest BCUT2D eigenvalue weighted by atomic mass is 10.1. The Hall–Kier alpha value is -2.29. The largest absolute Gasteiger partial charge is 0.372 e. The third-order valence-electron chi connectivity index (χ3n) is 4.01. The Morgan fingerprint density at radius 3 is 2.43 bits per heavy atom. The summed E-state index contributed by atoms with van der Waals surface area (Å²) in [6.45, 7) is 2.18. The van der Waals surface area contributed by atoms with Crippen LogP contribution in [0.15, 0.2) is 54.6 Å². The lowest BCUT2D eigenvalue weighted by Gasteiger charge is -2.20. The topological polar surface area (TPSA) is 23.6 Å². The van der Waals surface area contributed by atoms with Crippen molar-refractivity contribution in [2.24, 2.45) is 0 Å². The molecule has 0 unspecified atom stereocenters. The first-order chi connectivity index (χ1) is 10.3. The summed E-state index contributed by atoms with van der Waals surface area (Å²) < 4.78 is 0. The van der Waals surface area contributed by atoms with Crippen molar-refractivity contribution in [2.75, 3.05) is 29.9 Å². The molecular formula is C18H20N2O. The second-order valence-corrected chi connectivity index (χ2v) is 5.44. The van der Waals surface area contributed by atoms with Crippen LogP contribution in [0.25, 0.3) is 0 Å². The summed E-state index contributed by atoms with van der Waals surface area (Å²) in [4.78, 5) is 16.7. The maximum absolute atomic E-state index is 12.6. The first-order valence-electron chi connectivity index (χ1n) is 7.44. The van der Waals surface area contributed by atoms with E-state index in [1.54, 1.807) is 4.90 Å². The van der Waals surface area contributed by atoms with Gasteiger partial charge in [-0.15, -0.1) is 0 Å². The van der Waals surface area contributed by atoms with E-state index < -0.39 is 0 Å². The Kier molecular flexibility index (Phi) is 3.91. The zero-order valence-corrected chi connectivity index (χ0v) is 12.3. The van der Waals surface area contributed by atoms with Crippen LogP contribution in [0, 0.1) is 0 Å². The molecule has 108 valence electrons. The van der Waals surface area contributed by atoms with Gasteiger partial charge >= 0.3 is 0 Å². The van der Waals surface area contributed by atoms with Gasteiger partial charge in [0.1, 0.15) is 0 Å². The molecule has 1 aliphatic heterocycles. The molecule has 0 bridgehead atoms. The number of anilines is 2. The number of para-hydroxylation sites is 1. The van der Waals surface area contributed by atoms with Crippen LogP contribution in [0.3, 0.4) is 0 Å². The van der Waals surface area contributed by atoms with Gasteiger partial charge in [0.2, 0.25) is 0 Å². The average Bonchev–Trinajstić information content (AvgIpc) is 3.09. The normalized spacial score (nSPS) is 14.2. The SMILES string of the molecule is CN(C(=O)c1cccc(N2CCCC2)c1)c1ccccc1. The third kappa shape index (κ3) is 2.92. The summed E-state index contributed by atoms with van der Waals surface area (Å²) in [5.74, 6) is 0.0299. The molecule has 2 aromatic carbocycles. The standard InChI is InChI=1S/C18H20N2O/c1-19(16-9-3-2-4-10-16)18(21)15-8-7-11-17(14-15)20-12-5-6-13-20/h2-4,7-11,14H,5-6,12-13H2,1H3. The molecule has 0 aliphatic carbocycles. The number of rotatable bonds is 3. The van der Waals surface area contributed by atoms with Gasteiger partial charge in [0.05, 0.1) is 0 Å². The summed E-state index contributed by atoms with van der Waals surface area (Å²) in [5.41, 5.74) is 2.81. The van der Waals surface area contributed by atoms with Gasteiger partial charge in [0, 0.05) is 37.1 Å². The first kappa shape index (κ1) is 13.7. The smallest absolute Gasteiger partial charge is 0.258 e. The van der Waals surface area contributed by atoms with Crippen molar-refractivity contribution in [1.82, 2.24) is 0 Å². The van der Waals surface area contributed by atoms with Gasteiger partial charge < -0.3 is 9.80 Å². The molecule has 1 saturated heterocycles. The molecule has 3 rings (SSSR count). The zero-order valence-electron chi connectivity index (χ0n) is 12.3. The molecule has 1 amide bonds. The predicted molar refractivity (Wildman–Crippen MR) is 87.1 cm³/mol. The highest BCUT2D eigenvalue weighted by Crippen LogP contribution is 2.22. The Balaban J connectivity index is 1.83. The van der Waals surface area contributed by atoms with Crippen LogP contribution in [0.5, 0.6) is 0 Å². The van der Waals surface area contributed by atoms with E-state index in [0.29, 0.717) is 0 Å².